The fourth-order valence-electron chi connectivity index (χ4n) is 3.04. The Morgan fingerprint density at radius 1 is 1.15 bits per heavy atom. The summed E-state index contributed by atoms with van der Waals surface area (Å²) in [6, 6.07) is 8.65. The van der Waals surface area contributed by atoms with Crippen LogP contribution in [0.4, 0.5) is 0 Å². The zero-order valence-corrected chi connectivity index (χ0v) is 12.9. The van der Waals surface area contributed by atoms with Crippen LogP contribution in [0.3, 0.4) is 0 Å². The maximum absolute atomic E-state index is 11.7. The molecule has 110 valence electrons. The average molecular weight is 274 g/mol. The molecule has 2 rings (SSSR count). The molecule has 0 bridgehead atoms. The van der Waals surface area contributed by atoms with E-state index in [1.807, 2.05) is 0 Å². The van der Waals surface area contributed by atoms with E-state index in [0.717, 1.165) is 38.9 Å². The standard InChI is InChI=1S/C17H26N2O/c1-4-16(15-7-5-14(2)6-8-15)17(13-20)19-11-9-18(3)10-12-19/h5-8,13,16-17H,4,9-12H2,1-3H3. The predicted molar refractivity (Wildman–Crippen MR) is 83.1 cm³/mol. The first-order valence-corrected chi connectivity index (χ1v) is 7.60. The van der Waals surface area contributed by atoms with E-state index in [1.54, 1.807) is 0 Å². The van der Waals surface area contributed by atoms with Crippen molar-refractivity contribution in [2.24, 2.45) is 0 Å². The summed E-state index contributed by atoms with van der Waals surface area (Å²) in [6.07, 6.45) is 2.15. The summed E-state index contributed by atoms with van der Waals surface area (Å²) in [5.74, 6) is 0.302. The number of likely N-dealkylation sites (N-methyl/N-ethyl adjacent to an activating group) is 1. The van der Waals surface area contributed by atoms with Crippen LogP contribution in [0.5, 0.6) is 0 Å². The zero-order chi connectivity index (χ0) is 14.5. The fourth-order valence-corrected chi connectivity index (χ4v) is 3.04. The van der Waals surface area contributed by atoms with Crippen LogP contribution < -0.4 is 0 Å². The number of hydrogen-bond acceptors (Lipinski definition) is 3. The zero-order valence-electron chi connectivity index (χ0n) is 12.9. The van der Waals surface area contributed by atoms with Gasteiger partial charge in [-0.05, 0) is 26.0 Å². The van der Waals surface area contributed by atoms with Crippen LogP contribution in [0.1, 0.15) is 30.4 Å². The second-order valence-corrected chi connectivity index (χ2v) is 5.89. The summed E-state index contributed by atoms with van der Waals surface area (Å²) in [5.41, 5.74) is 2.56. The molecule has 2 unspecified atom stereocenters. The van der Waals surface area contributed by atoms with Crippen LogP contribution in [0.15, 0.2) is 24.3 Å². The molecule has 0 aromatic heterocycles. The Morgan fingerprint density at radius 2 is 1.75 bits per heavy atom. The smallest absolute Gasteiger partial charge is 0.137 e. The average Bonchev–Trinajstić information content (AvgIpc) is 2.47. The quantitative estimate of drug-likeness (QED) is 0.770. The summed E-state index contributed by atoms with van der Waals surface area (Å²) in [5, 5.41) is 0. The lowest BCUT2D eigenvalue weighted by Gasteiger charge is -2.39. The van der Waals surface area contributed by atoms with Crippen molar-refractivity contribution in [2.75, 3.05) is 33.2 Å². The normalized spacial score (nSPS) is 20.6. The van der Waals surface area contributed by atoms with E-state index in [1.165, 1.54) is 11.1 Å². The number of aldehydes is 1. The Labute approximate surface area is 122 Å². The van der Waals surface area contributed by atoms with E-state index >= 15 is 0 Å². The van der Waals surface area contributed by atoms with Gasteiger partial charge in [0.15, 0.2) is 0 Å². The van der Waals surface area contributed by atoms with Crippen molar-refractivity contribution < 1.29 is 4.79 Å². The molecular formula is C17H26N2O. The van der Waals surface area contributed by atoms with Gasteiger partial charge in [-0.2, -0.15) is 0 Å². The van der Waals surface area contributed by atoms with Crippen LogP contribution in [0.2, 0.25) is 0 Å². The maximum atomic E-state index is 11.7. The van der Waals surface area contributed by atoms with Crippen LogP contribution in [-0.2, 0) is 4.79 Å². The molecule has 1 aliphatic rings. The number of carbonyl (C=O) groups excluding carboxylic acids is 1. The molecule has 0 N–H and O–H groups in total. The highest BCUT2D eigenvalue weighted by Crippen LogP contribution is 2.27. The van der Waals surface area contributed by atoms with E-state index in [9.17, 15) is 4.79 Å². The number of piperazine rings is 1. The molecule has 1 saturated heterocycles. The van der Waals surface area contributed by atoms with Gasteiger partial charge in [-0.25, -0.2) is 0 Å². The fraction of sp³-hybridized carbons (Fsp3) is 0.588. The minimum Gasteiger partial charge on any atom is -0.304 e. The molecule has 1 aromatic rings. The van der Waals surface area contributed by atoms with Crippen molar-refractivity contribution in [1.82, 2.24) is 9.80 Å². The summed E-state index contributed by atoms with van der Waals surface area (Å²) in [7, 11) is 2.14. The first-order chi connectivity index (χ1) is 9.65. The van der Waals surface area contributed by atoms with E-state index < -0.39 is 0 Å². The molecule has 0 spiro atoms. The number of benzene rings is 1. The topological polar surface area (TPSA) is 23.6 Å². The van der Waals surface area contributed by atoms with Crippen molar-refractivity contribution in [3.63, 3.8) is 0 Å². The molecule has 0 amide bonds. The Bertz CT molecular complexity index is 421. The number of nitrogens with zero attached hydrogens (tertiary/aromatic N) is 2. The van der Waals surface area contributed by atoms with Crippen molar-refractivity contribution in [3.8, 4) is 0 Å². The molecule has 0 aliphatic carbocycles. The largest absolute Gasteiger partial charge is 0.304 e. The predicted octanol–water partition coefficient (Wildman–Crippen LogP) is 2.30. The molecule has 1 aliphatic heterocycles. The summed E-state index contributed by atoms with van der Waals surface area (Å²) in [6.45, 7) is 8.35. The number of aryl methyl sites for hydroxylation is 1. The van der Waals surface area contributed by atoms with Crippen LogP contribution in [-0.4, -0.2) is 55.4 Å². The molecule has 0 radical (unpaired) electrons. The SMILES string of the molecule is CCC(c1ccc(C)cc1)C(C=O)N1CCN(C)CC1. The van der Waals surface area contributed by atoms with E-state index in [2.05, 4.69) is 55.0 Å². The third kappa shape index (κ3) is 3.47. The number of carbonyl (C=O) groups is 1. The molecule has 1 heterocycles. The Balaban J connectivity index is 2.15. The van der Waals surface area contributed by atoms with Crippen molar-refractivity contribution in [1.29, 1.82) is 0 Å². The molecule has 2 atom stereocenters. The minimum absolute atomic E-state index is 0.0106. The molecule has 20 heavy (non-hydrogen) atoms. The Hall–Kier alpha value is -1.19. The van der Waals surface area contributed by atoms with Gasteiger partial charge >= 0.3 is 0 Å². The van der Waals surface area contributed by atoms with E-state index in [-0.39, 0.29) is 6.04 Å². The molecule has 1 aromatic carbocycles. The highest BCUT2D eigenvalue weighted by Gasteiger charge is 2.29. The second-order valence-electron chi connectivity index (χ2n) is 5.89. The van der Waals surface area contributed by atoms with Gasteiger partial charge in [0.2, 0.25) is 0 Å². The van der Waals surface area contributed by atoms with Gasteiger partial charge in [0.05, 0.1) is 6.04 Å². The highest BCUT2D eigenvalue weighted by atomic mass is 16.1. The van der Waals surface area contributed by atoms with Gasteiger partial charge in [-0.1, -0.05) is 36.8 Å². The third-order valence-electron chi connectivity index (χ3n) is 4.46. The van der Waals surface area contributed by atoms with Gasteiger partial charge in [0.1, 0.15) is 6.29 Å². The van der Waals surface area contributed by atoms with Gasteiger partial charge in [-0.15, -0.1) is 0 Å². The molecule has 3 nitrogen and oxygen atoms in total. The van der Waals surface area contributed by atoms with Gasteiger partial charge in [0.25, 0.3) is 0 Å². The first-order valence-electron chi connectivity index (χ1n) is 7.60. The van der Waals surface area contributed by atoms with Crippen molar-refractivity contribution in [3.05, 3.63) is 35.4 Å². The summed E-state index contributed by atoms with van der Waals surface area (Å²) < 4.78 is 0. The van der Waals surface area contributed by atoms with E-state index in [0.29, 0.717) is 5.92 Å². The summed E-state index contributed by atoms with van der Waals surface area (Å²) >= 11 is 0. The number of rotatable bonds is 5. The van der Waals surface area contributed by atoms with Crippen LogP contribution in [0.25, 0.3) is 0 Å². The lowest BCUT2D eigenvalue weighted by atomic mass is 9.88. The molecule has 3 heteroatoms. The first kappa shape index (κ1) is 15.2. The lowest BCUT2D eigenvalue weighted by Crippen LogP contribution is -2.51. The third-order valence-corrected chi connectivity index (χ3v) is 4.46. The Morgan fingerprint density at radius 3 is 2.25 bits per heavy atom. The molecule has 1 fully saturated rings. The van der Waals surface area contributed by atoms with Crippen molar-refractivity contribution in [2.45, 2.75) is 32.2 Å². The van der Waals surface area contributed by atoms with Crippen LogP contribution in [0, 0.1) is 6.92 Å². The maximum Gasteiger partial charge on any atom is 0.137 e. The van der Waals surface area contributed by atoms with E-state index in [4.69, 9.17) is 0 Å². The van der Waals surface area contributed by atoms with Gasteiger partial charge in [-0.3, -0.25) is 4.90 Å². The minimum atomic E-state index is 0.0106. The highest BCUT2D eigenvalue weighted by molar-refractivity contribution is 5.60. The lowest BCUT2D eigenvalue weighted by molar-refractivity contribution is -0.114. The monoisotopic (exact) mass is 274 g/mol. The Kier molecular flexibility index (Phi) is 5.32. The number of hydrogen-bond donors (Lipinski definition) is 0. The van der Waals surface area contributed by atoms with Gasteiger partial charge in [0, 0.05) is 32.1 Å². The molecular weight excluding hydrogens is 248 g/mol. The molecule has 0 saturated carbocycles. The second kappa shape index (κ2) is 7.00. The summed E-state index contributed by atoms with van der Waals surface area (Å²) in [4.78, 5) is 16.3. The van der Waals surface area contributed by atoms with Crippen molar-refractivity contribution >= 4 is 6.29 Å². The van der Waals surface area contributed by atoms with Crippen LogP contribution >= 0.6 is 0 Å². The van der Waals surface area contributed by atoms with Gasteiger partial charge < -0.3 is 9.69 Å².